The minimum atomic E-state index is -0.935. The molecule has 0 unspecified atom stereocenters. The van der Waals surface area contributed by atoms with Gasteiger partial charge < -0.3 is 24.8 Å². The number of nitrogens with zero attached hydrogens (tertiary/aromatic N) is 1. The molecular formula is C14H16N2O5. The third-order valence-corrected chi connectivity index (χ3v) is 3.62. The minimum Gasteiger partial charge on any atom is -0.480 e. The van der Waals surface area contributed by atoms with Crippen molar-refractivity contribution in [3.63, 3.8) is 0 Å². The smallest absolute Gasteiger partial charge is 0.322 e. The normalized spacial score (nSPS) is 20.4. The van der Waals surface area contributed by atoms with Crippen LogP contribution in [0.25, 0.3) is 0 Å². The van der Waals surface area contributed by atoms with E-state index >= 15 is 0 Å². The molecule has 21 heavy (non-hydrogen) atoms. The molecule has 2 aliphatic rings. The fraction of sp³-hybridized carbons (Fsp3) is 0.429. The number of fused-ring (bicyclic) bond motifs is 1. The second-order valence-corrected chi connectivity index (χ2v) is 5.05. The van der Waals surface area contributed by atoms with Crippen molar-refractivity contribution >= 4 is 11.9 Å². The maximum absolute atomic E-state index is 12.3. The Morgan fingerprint density at radius 2 is 2.14 bits per heavy atom. The summed E-state index contributed by atoms with van der Waals surface area (Å²) < 4.78 is 10.5. The third-order valence-electron chi connectivity index (χ3n) is 3.62. The number of nitrogens with one attached hydrogen (secondary N) is 1. The number of carbonyl (C=O) groups excluding carboxylic acids is 1. The SMILES string of the molecule is O=C(O)[C@H]1CN(C(=O)Cc2ccc3c(c2)OCO3)CCN1. The van der Waals surface area contributed by atoms with Crippen LogP contribution in [0.2, 0.25) is 0 Å². The number of carbonyl (C=O) groups is 2. The van der Waals surface area contributed by atoms with Crippen molar-refractivity contribution in [1.29, 1.82) is 0 Å². The van der Waals surface area contributed by atoms with Gasteiger partial charge in [-0.05, 0) is 17.7 Å². The van der Waals surface area contributed by atoms with Gasteiger partial charge in [-0.25, -0.2) is 0 Å². The number of carboxylic acid groups (broad SMARTS) is 1. The van der Waals surface area contributed by atoms with Gasteiger partial charge in [0.2, 0.25) is 12.7 Å². The molecular weight excluding hydrogens is 276 g/mol. The molecule has 112 valence electrons. The molecule has 1 saturated heterocycles. The molecule has 0 aromatic heterocycles. The van der Waals surface area contributed by atoms with Gasteiger partial charge in [-0.3, -0.25) is 9.59 Å². The molecule has 0 radical (unpaired) electrons. The lowest BCUT2D eigenvalue weighted by atomic mass is 10.1. The summed E-state index contributed by atoms with van der Waals surface area (Å²) in [4.78, 5) is 24.8. The first-order valence-electron chi connectivity index (χ1n) is 6.76. The summed E-state index contributed by atoms with van der Waals surface area (Å²) in [6.07, 6.45) is 0.225. The summed E-state index contributed by atoms with van der Waals surface area (Å²) in [6, 6.07) is 4.70. The van der Waals surface area contributed by atoms with Gasteiger partial charge in [-0.1, -0.05) is 6.07 Å². The highest BCUT2D eigenvalue weighted by atomic mass is 16.7. The predicted octanol–water partition coefficient (Wildman–Crippen LogP) is -0.157. The van der Waals surface area contributed by atoms with Crippen molar-refractivity contribution in [2.75, 3.05) is 26.4 Å². The Bertz CT molecular complexity index is 574. The largest absolute Gasteiger partial charge is 0.480 e. The van der Waals surface area contributed by atoms with Crippen LogP contribution < -0.4 is 14.8 Å². The highest BCUT2D eigenvalue weighted by Gasteiger charge is 2.27. The Kier molecular flexibility index (Phi) is 3.66. The lowest BCUT2D eigenvalue weighted by molar-refractivity contribution is -0.142. The molecule has 7 heteroatoms. The van der Waals surface area contributed by atoms with Crippen molar-refractivity contribution in [3.8, 4) is 11.5 Å². The molecule has 3 rings (SSSR count). The molecule has 1 atom stereocenters. The number of piperazine rings is 1. The zero-order valence-electron chi connectivity index (χ0n) is 11.4. The Balaban J connectivity index is 1.64. The average molecular weight is 292 g/mol. The zero-order chi connectivity index (χ0) is 14.8. The summed E-state index contributed by atoms with van der Waals surface area (Å²) in [6.45, 7) is 1.40. The van der Waals surface area contributed by atoms with Gasteiger partial charge in [-0.15, -0.1) is 0 Å². The van der Waals surface area contributed by atoms with Crippen LogP contribution in [0.1, 0.15) is 5.56 Å². The number of ether oxygens (including phenoxy) is 2. The van der Waals surface area contributed by atoms with E-state index in [9.17, 15) is 9.59 Å². The van der Waals surface area contributed by atoms with E-state index in [4.69, 9.17) is 14.6 Å². The second-order valence-electron chi connectivity index (χ2n) is 5.05. The number of aliphatic carboxylic acids is 1. The van der Waals surface area contributed by atoms with Gasteiger partial charge >= 0.3 is 5.97 Å². The van der Waals surface area contributed by atoms with E-state index in [1.165, 1.54) is 0 Å². The molecule has 1 fully saturated rings. The molecule has 0 aliphatic carbocycles. The van der Waals surface area contributed by atoms with Gasteiger partial charge in [-0.2, -0.15) is 0 Å². The molecule has 0 spiro atoms. The number of hydrogen-bond acceptors (Lipinski definition) is 5. The number of amides is 1. The summed E-state index contributed by atoms with van der Waals surface area (Å²) in [5, 5.41) is 11.9. The Labute approximate surface area is 121 Å². The van der Waals surface area contributed by atoms with Crippen LogP contribution >= 0.6 is 0 Å². The first-order chi connectivity index (χ1) is 10.1. The second kappa shape index (κ2) is 5.61. The summed E-state index contributed by atoms with van der Waals surface area (Å²) in [5.74, 6) is 0.306. The highest BCUT2D eigenvalue weighted by molar-refractivity contribution is 5.81. The van der Waals surface area contributed by atoms with Gasteiger partial charge in [0.15, 0.2) is 11.5 Å². The van der Waals surface area contributed by atoms with Crippen molar-refractivity contribution in [3.05, 3.63) is 23.8 Å². The van der Waals surface area contributed by atoms with E-state index < -0.39 is 12.0 Å². The van der Waals surface area contributed by atoms with Crippen molar-refractivity contribution < 1.29 is 24.2 Å². The van der Waals surface area contributed by atoms with Crippen LogP contribution in [0, 0.1) is 0 Å². The van der Waals surface area contributed by atoms with Crippen molar-refractivity contribution in [2.45, 2.75) is 12.5 Å². The Morgan fingerprint density at radius 3 is 2.95 bits per heavy atom. The first kappa shape index (κ1) is 13.7. The molecule has 0 saturated carbocycles. The van der Waals surface area contributed by atoms with Gasteiger partial charge in [0.1, 0.15) is 6.04 Å². The van der Waals surface area contributed by atoms with E-state index in [1.54, 1.807) is 17.0 Å². The fourth-order valence-electron chi connectivity index (χ4n) is 2.48. The molecule has 2 heterocycles. The predicted molar refractivity (Wildman–Crippen MR) is 72.3 cm³/mol. The molecule has 2 aliphatic heterocycles. The van der Waals surface area contributed by atoms with E-state index in [0.717, 1.165) is 5.56 Å². The molecule has 1 aromatic rings. The standard InChI is InChI=1S/C14H16N2O5/c17-13(16-4-3-15-10(7-16)14(18)19)6-9-1-2-11-12(5-9)21-8-20-11/h1-2,5,10,15H,3-4,6-8H2,(H,18,19)/t10-/m1/s1. The number of carboxylic acids is 1. The van der Waals surface area contributed by atoms with Crippen LogP contribution in [0.4, 0.5) is 0 Å². The van der Waals surface area contributed by atoms with Gasteiger partial charge in [0.25, 0.3) is 0 Å². The maximum Gasteiger partial charge on any atom is 0.322 e. The fourth-order valence-corrected chi connectivity index (χ4v) is 2.48. The van der Waals surface area contributed by atoms with Crippen LogP contribution in [-0.4, -0.2) is 54.4 Å². The molecule has 1 amide bonds. The van der Waals surface area contributed by atoms with Crippen LogP contribution in [0.15, 0.2) is 18.2 Å². The van der Waals surface area contributed by atoms with E-state index in [1.807, 2.05) is 6.07 Å². The van der Waals surface area contributed by atoms with E-state index in [2.05, 4.69) is 5.32 Å². The Morgan fingerprint density at radius 1 is 1.33 bits per heavy atom. The minimum absolute atomic E-state index is 0.0818. The molecule has 1 aromatic carbocycles. The topological polar surface area (TPSA) is 88.1 Å². The Hall–Kier alpha value is -2.28. The number of rotatable bonds is 3. The highest BCUT2D eigenvalue weighted by Crippen LogP contribution is 2.32. The average Bonchev–Trinajstić information content (AvgIpc) is 2.95. The van der Waals surface area contributed by atoms with Crippen LogP contribution in [-0.2, 0) is 16.0 Å². The monoisotopic (exact) mass is 292 g/mol. The lowest BCUT2D eigenvalue weighted by Crippen LogP contribution is -2.56. The van der Waals surface area contributed by atoms with E-state index in [-0.39, 0.29) is 25.7 Å². The van der Waals surface area contributed by atoms with Crippen molar-refractivity contribution in [1.82, 2.24) is 10.2 Å². The lowest BCUT2D eigenvalue weighted by Gasteiger charge is -2.31. The maximum atomic E-state index is 12.3. The third kappa shape index (κ3) is 2.92. The van der Waals surface area contributed by atoms with Gasteiger partial charge in [0, 0.05) is 19.6 Å². The molecule has 0 bridgehead atoms. The first-order valence-corrected chi connectivity index (χ1v) is 6.76. The quantitative estimate of drug-likeness (QED) is 0.805. The van der Waals surface area contributed by atoms with Crippen molar-refractivity contribution in [2.24, 2.45) is 0 Å². The summed E-state index contributed by atoms with van der Waals surface area (Å²) in [5.41, 5.74) is 0.828. The zero-order valence-corrected chi connectivity index (χ0v) is 11.4. The van der Waals surface area contributed by atoms with Gasteiger partial charge in [0.05, 0.1) is 6.42 Å². The number of hydrogen-bond donors (Lipinski definition) is 2. The van der Waals surface area contributed by atoms with Crippen LogP contribution in [0.3, 0.4) is 0 Å². The van der Waals surface area contributed by atoms with Crippen LogP contribution in [0.5, 0.6) is 11.5 Å². The number of benzene rings is 1. The summed E-state index contributed by atoms with van der Waals surface area (Å²) >= 11 is 0. The molecule has 7 nitrogen and oxygen atoms in total. The summed E-state index contributed by atoms with van der Waals surface area (Å²) in [7, 11) is 0. The molecule has 2 N–H and O–H groups in total. The van der Waals surface area contributed by atoms with E-state index in [0.29, 0.717) is 24.6 Å².